The third-order valence-corrected chi connectivity index (χ3v) is 2.20. The molecule has 96 valence electrons. The highest BCUT2D eigenvalue weighted by Gasteiger charge is 2.06. The SMILES string of the molecule is OCCO.Oc1ccccc1-c1ccccc1O. The van der Waals surface area contributed by atoms with Gasteiger partial charge in [0.1, 0.15) is 11.5 Å². The van der Waals surface area contributed by atoms with E-state index in [1.54, 1.807) is 36.4 Å². The molecule has 2 aromatic carbocycles. The van der Waals surface area contributed by atoms with Gasteiger partial charge < -0.3 is 20.4 Å². The highest BCUT2D eigenvalue weighted by atomic mass is 16.3. The van der Waals surface area contributed by atoms with Crippen molar-refractivity contribution in [3.8, 4) is 22.6 Å². The number of phenolic OH excluding ortho intramolecular Hbond substituents is 2. The summed E-state index contributed by atoms with van der Waals surface area (Å²) in [4.78, 5) is 0. The Balaban J connectivity index is 0.000000357. The van der Waals surface area contributed by atoms with Crippen LogP contribution in [0.4, 0.5) is 0 Å². The first-order chi connectivity index (χ1) is 8.70. The van der Waals surface area contributed by atoms with Crippen LogP contribution < -0.4 is 0 Å². The van der Waals surface area contributed by atoms with Crippen molar-refractivity contribution in [2.45, 2.75) is 0 Å². The molecule has 0 aliphatic rings. The zero-order chi connectivity index (χ0) is 13.4. The van der Waals surface area contributed by atoms with Gasteiger partial charge in [-0.3, -0.25) is 0 Å². The molecule has 0 fully saturated rings. The van der Waals surface area contributed by atoms with E-state index in [9.17, 15) is 10.2 Å². The van der Waals surface area contributed by atoms with Crippen LogP contribution >= 0.6 is 0 Å². The Morgan fingerprint density at radius 3 is 1.22 bits per heavy atom. The van der Waals surface area contributed by atoms with Crippen LogP contribution in [0.15, 0.2) is 48.5 Å². The topological polar surface area (TPSA) is 80.9 Å². The lowest BCUT2D eigenvalue weighted by atomic mass is 10.0. The molecule has 0 atom stereocenters. The molecule has 2 rings (SSSR count). The van der Waals surface area contributed by atoms with Crippen molar-refractivity contribution in [1.29, 1.82) is 0 Å². The number of benzene rings is 2. The molecule has 0 bridgehead atoms. The van der Waals surface area contributed by atoms with Gasteiger partial charge >= 0.3 is 0 Å². The highest BCUT2D eigenvalue weighted by Crippen LogP contribution is 2.34. The first-order valence-electron chi connectivity index (χ1n) is 5.48. The van der Waals surface area contributed by atoms with E-state index in [1.807, 2.05) is 12.1 Å². The number of para-hydroxylation sites is 2. The summed E-state index contributed by atoms with van der Waals surface area (Å²) in [5.74, 6) is 0.350. The van der Waals surface area contributed by atoms with E-state index < -0.39 is 0 Å². The molecule has 0 saturated carbocycles. The second kappa shape index (κ2) is 7.32. The fourth-order valence-electron chi connectivity index (χ4n) is 1.40. The number of phenols is 2. The monoisotopic (exact) mass is 248 g/mol. The van der Waals surface area contributed by atoms with Gasteiger partial charge in [0, 0.05) is 11.1 Å². The summed E-state index contributed by atoms with van der Waals surface area (Å²) in [5, 5.41) is 34.4. The lowest BCUT2D eigenvalue weighted by molar-refractivity contribution is 0.186. The van der Waals surface area contributed by atoms with Crippen molar-refractivity contribution in [3.63, 3.8) is 0 Å². The van der Waals surface area contributed by atoms with Gasteiger partial charge in [-0.05, 0) is 12.1 Å². The summed E-state index contributed by atoms with van der Waals surface area (Å²) in [7, 11) is 0. The minimum Gasteiger partial charge on any atom is -0.507 e. The van der Waals surface area contributed by atoms with Crippen LogP contribution in [-0.4, -0.2) is 33.6 Å². The minimum atomic E-state index is -0.125. The summed E-state index contributed by atoms with van der Waals surface area (Å²) in [6.07, 6.45) is 0. The highest BCUT2D eigenvalue weighted by molar-refractivity contribution is 5.74. The molecule has 0 spiro atoms. The van der Waals surface area contributed by atoms with Gasteiger partial charge in [0.2, 0.25) is 0 Å². The number of aliphatic hydroxyl groups excluding tert-OH is 2. The molecule has 0 aliphatic heterocycles. The zero-order valence-electron chi connectivity index (χ0n) is 9.82. The van der Waals surface area contributed by atoms with Gasteiger partial charge in [0.25, 0.3) is 0 Å². The largest absolute Gasteiger partial charge is 0.507 e. The van der Waals surface area contributed by atoms with E-state index in [2.05, 4.69) is 0 Å². The van der Waals surface area contributed by atoms with E-state index in [4.69, 9.17) is 10.2 Å². The van der Waals surface area contributed by atoms with Gasteiger partial charge in [-0.15, -0.1) is 0 Å². The lowest BCUT2D eigenvalue weighted by Crippen LogP contribution is -1.85. The summed E-state index contributed by atoms with van der Waals surface area (Å²) in [6.45, 7) is -0.250. The maximum Gasteiger partial charge on any atom is 0.123 e. The van der Waals surface area contributed by atoms with Crippen molar-refractivity contribution in [2.24, 2.45) is 0 Å². The fraction of sp³-hybridized carbons (Fsp3) is 0.143. The molecule has 0 radical (unpaired) electrons. The van der Waals surface area contributed by atoms with Crippen LogP contribution in [0.1, 0.15) is 0 Å². The van der Waals surface area contributed by atoms with Crippen LogP contribution in [0, 0.1) is 0 Å². The molecule has 0 amide bonds. The minimum absolute atomic E-state index is 0.125. The Morgan fingerprint density at radius 1 is 0.611 bits per heavy atom. The normalized spacial score (nSPS) is 9.44. The Morgan fingerprint density at radius 2 is 0.944 bits per heavy atom. The van der Waals surface area contributed by atoms with E-state index >= 15 is 0 Å². The molecule has 0 aliphatic carbocycles. The Kier molecular flexibility index (Phi) is 5.70. The van der Waals surface area contributed by atoms with E-state index in [-0.39, 0.29) is 24.7 Å². The predicted molar refractivity (Wildman–Crippen MR) is 69.4 cm³/mol. The third-order valence-electron chi connectivity index (χ3n) is 2.20. The van der Waals surface area contributed by atoms with Gasteiger partial charge in [-0.25, -0.2) is 0 Å². The zero-order valence-corrected chi connectivity index (χ0v) is 9.82. The molecule has 0 aromatic heterocycles. The van der Waals surface area contributed by atoms with Crippen molar-refractivity contribution >= 4 is 0 Å². The Labute approximate surface area is 105 Å². The predicted octanol–water partition coefficient (Wildman–Crippen LogP) is 1.74. The molecule has 18 heavy (non-hydrogen) atoms. The van der Waals surface area contributed by atoms with E-state index in [0.29, 0.717) is 11.1 Å². The fourth-order valence-corrected chi connectivity index (χ4v) is 1.40. The molecule has 0 heterocycles. The van der Waals surface area contributed by atoms with Crippen LogP contribution in [0.3, 0.4) is 0 Å². The summed E-state index contributed by atoms with van der Waals surface area (Å²) in [5.41, 5.74) is 1.29. The first kappa shape index (κ1) is 14.0. The van der Waals surface area contributed by atoms with Gasteiger partial charge in [0.05, 0.1) is 13.2 Å². The molecule has 0 saturated heterocycles. The van der Waals surface area contributed by atoms with E-state index in [1.165, 1.54) is 0 Å². The molecule has 2 aromatic rings. The second-order valence-corrected chi connectivity index (χ2v) is 3.48. The van der Waals surface area contributed by atoms with Crippen molar-refractivity contribution < 1.29 is 20.4 Å². The molecule has 4 heteroatoms. The van der Waals surface area contributed by atoms with Gasteiger partial charge in [-0.2, -0.15) is 0 Å². The number of aromatic hydroxyl groups is 2. The summed E-state index contributed by atoms with van der Waals surface area (Å²) in [6, 6.07) is 13.9. The van der Waals surface area contributed by atoms with Crippen LogP contribution in [-0.2, 0) is 0 Å². The van der Waals surface area contributed by atoms with Crippen molar-refractivity contribution in [3.05, 3.63) is 48.5 Å². The number of hydrogen-bond donors (Lipinski definition) is 4. The Bertz CT molecular complexity index is 437. The molecule has 4 nitrogen and oxygen atoms in total. The molecule has 0 unspecified atom stereocenters. The summed E-state index contributed by atoms with van der Waals surface area (Å²) >= 11 is 0. The number of rotatable bonds is 2. The number of hydrogen-bond acceptors (Lipinski definition) is 4. The lowest BCUT2D eigenvalue weighted by Gasteiger charge is -2.05. The van der Waals surface area contributed by atoms with Gasteiger partial charge in [0.15, 0.2) is 0 Å². The second-order valence-electron chi connectivity index (χ2n) is 3.48. The molecular weight excluding hydrogens is 232 g/mol. The van der Waals surface area contributed by atoms with Crippen molar-refractivity contribution in [1.82, 2.24) is 0 Å². The van der Waals surface area contributed by atoms with Crippen molar-refractivity contribution in [2.75, 3.05) is 13.2 Å². The van der Waals surface area contributed by atoms with Crippen LogP contribution in [0.25, 0.3) is 11.1 Å². The maximum atomic E-state index is 9.58. The Hall–Kier alpha value is -2.04. The van der Waals surface area contributed by atoms with Crippen LogP contribution in [0.2, 0.25) is 0 Å². The maximum absolute atomic E-state index is 9.58. The molecular formula is C14H16O4. The van der Waals surface area contributed by atoms with Crippen LogP contribution in [0.5, 0.6) is 11.5 Å². The quantitative estimate of drug-likeness (QED) is 0.652. The number of aliphatic hydroxyl groups is 2. The summed E-state index contributed by atoms with van der Waals surface area (Å²) < 4.78 is 0. The standard InChI is InChI=1S/C12H10O2.C2H6O2/c13-11-7-3-1-5-9(11)10-6-2-4-8-12(10)14;3-1-2-4/h1-8,13-14H;3-4H,1-2H2. The first-order valence-corrected chi connectivity index (χ1v) is 5.48. The third kappa shape index (κ3) is 3.76. The smallest absolute Gasteiger partial charge is 0.123 e. The average Bonchev–Trinajstić information content (AvgIpc) is 2.41. The average molecular weight is 248 g/mol. The molecule has 4 N–H and O–H groups in total. The van der Waals surface area contributed by atoms with E-state index in [0.717, 1.165) is 0 Å². The van der Waals surface area contributed by atoms with Gasteiger partial charge in [-0.1, -0.05) is 36.4 Å².